The van der Waals surface area contributed by atoms with Crippen molar-refractivity contribution in [3.05, 3.63) is 35.3 Å². The van der Waals surface area contributed by atoms with Gasteiger partial charge in [0.05, 0.1) is 11.3 Å². The Morgan fingerprint density at radius 1 is 1.35 bits per heavy atom. The number of aromatic carboxylic acids is 1. The van der Waals surface area contributed by atoms with Crippen molar-refractivity contribution >= 4 is 5.97 Å². The molecule has 6 heteroatoms. The molecule has 0 spiro atoms. The quantitative estimate of drug-likeness (QED) is 0.676. The van der Waals surface area contributed by atoms with E-state index < -0.39 is 5.97 Å². The molecule has 0 saturated carbocycles. The molecular weight excluding hydrogens is 215 g/mol. The molecule has 0 fully saturated rings. The van der Waals surface area contributed by atoms with E-state index in [-0.39, 0.29) is 26.0 Å². The number of carboxylic acid groups (broad SMARTS) is 1. The molecule has 17 heavy (non-hydrogen) atoms. The Kier molecular flexibility index (Phi) is 4.10. The van der Waals surface area contributed by atoms with Gasteiger partial charge in [-0.2, -0.15) is 0 Å². The number of nitrogens with zero attached hydrogens (tertiary/aromatic N) is 2. The third kappa shape index (κ3) is 2.76. The summed E-state index contributed by atoms with van der Waals surface area (Å²) in [6.07, 6.45) is 0. The SMILES string of the molecule is Cc1cc(-c2ccc(C)nc2C(=O)O)on1.[H-].[Li+]. The summed E-state index contributed by atoms with van der Waals surface area (Å²) in [4.78, 5) is 15.0. The van der Waals surface area contributed by atoms with Crippen molar-refractivity contribution in [2.75, 3.05) is 0 Å². The molecule has 5 nitrogen and oxygen atoms in total. The minimum absolute atomic E-state index is 0. The number of carbonyl (C=O) groups is 1. The average Bonchev–Trinajstić information content (AvgIpc) is 2.64. The van der Waals surface area contributed by atoms with Crippen LogP contribution in [0.15, 0.2) is 22.7 Å². The first-order valence-corrected chi connectivity index (χ1v) is 4.72. The third-order valence-electron chi connectivity index (χ3n) is 2.13. The molecule has 2 aromatic heterocycles. The van der Waals surface area contributed by atoms with Gasteiger partial charge in [-0.05, 0) is 26.0 Å². The van der Waals surface area contributed by atoms with Crippen LogP contribution in [0.5, 0.6) is 0 Å². The summed E-state index contributed by atoms with van der Waals surface area (Å²) < 4.78 is 5.03. The number of hydrogen-bond acceptors (Lipinski definition) is 4. The fraction of sp³-hybridized carbons (Fsp3) is 0.182. The molecule has 0 unspecified atom stereocenters. The Bertz CT molecular complexity index is 557. The fourth-order valence-corrected chi connectivity index (χ4v) is 1.41. The minimum atomic E-state index is -1.08. The van der Waals surface area contributed by atoms with Gasteiger partial charge in [-0.25, -0.2) is 9.78 Å². The monoisotopic (exact) mass is 226 g/mol. The molecule has 0 bridgehead atoms. The van der Waals surface area contributed by atoms with Crippen LogP contribution in [-0.4, -0.2) is 21.2 Å². The largest absolute Gasteiger partial charge is 1.00 e. The zero-order valence-corrected chi connectivity index (χ0v) is 9.89. The molecule has 0 aromatic carbocycles. The maximum absolute atomic E-state index is 11.0. The maximum Gasteiger partial charge on any atom is 1.00 e. The Morgan fingerprint density at radius 2 is 2.06 bits per heavy atom. The smallest absolute Gasteiger partial charge is 1.00 e. The first kappa shape index (κ1) is 13.5. The maximum atomic E-state index is 11.0. The number of aromatic nitrogens is 2. The standard InChI is InChI=1S/C11H10N2O3.Li.H/c1-6-3-4-8(10(12-6)11(14)15)9-5-7(2)13-16-9;;/h3-5H,1-2H3,(H,14,15);;/q;+1;-1. The second kappa shape index (κ2) is 5.17. The molecule has 0 radical (unpaired) electrons. The van der Waals surface area contributed by atoms with Gasteiger partial charge in [-0.15, -0.1) is 0 Å². The predicted octanol–water partition coefficient (Wildman–Crippen LogP) is -0.832. The fourth-order valence-electron chi connectivity index (χ4n) is 1.41. The van der Waals surface area contributed by atoms with Gasteiger partial charge in [0.15, 0.2) is 11.5 Å². The van der Waals surface area contributed by atoms with Crippen molar-refractivity contribution in [1.29, 1.82) is 0 Å². The number of hydrogen-bond donors (Lipinski definition) is 1. The van der Waals surface area contributed by atoms with Crippen molar-refractivity contribution in [3.63, 3.8) is 0 Å². The number of aryl methyl sites for hydroxylation is 2. The van der Waals surface area contributed by atoms with Crippen molar-refractivity contribution in [2.45, 2.75) is 13.8 Å². The Morgan fingerprint density at radius 3 is 2.59 bits per heavy atom. The molecule has 0 saturated heterocycles. The van der Waals surface area contributed by atoms with Crippen LogP contribution in [0, 0.1) is 13.8 Å². The van der Waals surface area contributed by atoms with Gasteiger partial charge in [-0.3, -0.25) is 0 Å². The third-order valence-corrected chi connectivity index (χ3v) is 2.13. The zero-order chi connectivity index (χ0) is 11.7. The molecule has 0 amide bonds. The molecule has 0 atom stereocenters. The second-order valence-electron chi connectivity index (χ2n) is 3.49. The van der Waals surface area contributed by atoms with Crippen LogP contribution in [0.1, 0.15) is 23.3 Å². The van der Waals surface area contributed by atoms with Crippen LogP contribution >= 0.6 is 0 Å². The van der Waals surface area contributed by atoms with Crippen LogP contribution in [0.3, 0.4) is 0 Å². The van der Waals surface area contributed by atoms with Crippen molar-refractivity contribution in [3.8, 4) is 11.3 Å². The molecule has 2 rings (SSSR count). The summed E-state index contributed by atoms with van der Waals surface area (Å²) in [5.74, 6) is -0.657. The molecular formula is C11H11LiN2O3. The molecule has 2 aromatic rings. The van der Waals surface area contributed by atoms with E-state index in [9.17, 15) is 4.79 Å². The second-order valence-corrected chi connectivity index (χ2v) is 3.49. The van der Waals surface area contributed by atoms with Crippen molar-refractivity contribution in [2.24, 2.45) is 0 Å². The van der Waals surface area contributed by atoms with Crippen LogP contribution < -0.4 is 18.9 Å². The molecule has 0 aliphatic heterocycles. The van der Waals surface area contributed by atoms with Crippen LogP contribution in [0.4, 0.5) is 0 Å². The summed E-state index contributed by atoms with van der Waals surface area (Å²) in [5.41, 5.74) is 1.78. The van der Waals surface area contributed by atoms with E-state index >= 15 is 0 Å². The average molecular weight is 226 g/mol. The van der Waals surface area contributed by atoms with Gasteiger partial charge in [0.1, 0.15) is 0 Å². The predicted molar refractivity (Wildman–Crippen MR) is 57.3 cm³/mol. The summed E-state index contributed by atoms with van der Waals surface area (Å²) in [6.45, 7) is 3.51. The van der Waals surface area contributed by atoms with Crippen molar-refractivity contribution in [1.82, 2.24) is 10.1 Å². The van der Waals surface area contributed by atoms with Crippen LogP contribution in [-0.2, 0) is 0 Å². The molecule has 2 heterocycles. The van der Waals surface area contributed by atoms with E-state index in [2.05, 4.69) is 10.1 Å². The van der Waals surface area contributed by atoms with E-state index in [1.807, 2.05) is 0 Å². The molecule has 0 aliphatic rings. The summed E-state index contributed by atoms with van der Waals surface area (Å²) in [5, 5.41) is 12.8. The Hall–Kier alpha value is -1.57. The van der Waals surface area contributed by atoms with E-state index in [1.165, 1.54) is 0 Å². The van der Waals surface area contributed by atoms with E-state index in [1.54, 1.807) is 32.0 Å². The Balaban J connectivity index is 0.00000144. The van der Waals surface area contributed by atoms with E-state index in [0.29, 0.717) is 22.7 Å². The molecule has 0 aliphatic carbocycles. The molecule has 84 valence electrons. The van der Waals surface area contributed by atoms with Gasteiger partial charge >= 0.3 is 24.8 Å². The first-order chi connectivity index (χ1) is 7.58. The summed E-state index contributed by atoms with van der Waals surface area (Å²) >= 11 is 0. The van der Waals surface area contributed by atoms with Crippen LogP contribution in [0.2, 0.25) is 0 Å². The van der Waals surface area contributed by atoms with E-state index in [0.717, 1.165) is 0 Å². The topological polar surface area (TPSA) is 76.2 Å². The summed E-state index contributed by atoms with van der Waals surface area (Å²) in [6, 6.07) is 5.09. The zero-order valence-electron chi connectivity index (χ0n) is 10.9. The van der Waals surface area contributed by atoms with Gasteiger partial charge in [0.2, 0.25) is 0 Å². The van der Waals surface area contributed by atoms with Gasteiger partial charge in [0, 0.05) is 11.8 Å². The van der Waals surface area contributed by atoms with Gasteiger partial charge < -0.3 is 11.1 Å². The van der Waals surface area contributed by atoms with E-state index in [4.69, 9.17) is 9.63 Å². The van der Waals surface area contributed by atoms with Crippen molar-refractivity contribution < 1.29 is 34.7 Å². The minimum Gasteiger partial charge on any atom is -1.00 e. The molecule has 1 N–H and O–H groups in total. The normalized spacial score (nSPS) is 9.76. The van der Waals surface area contributed by atoms with Crippen LogP contribution in [0.25, 0.3) is 11.3 Å². The Labute approximate surface area is 112 Å². The number of carboxylic acids is 1. The number of pyridine rings is 1. The first-order valence-electron chi connectivity index (χ1n) is 4.72. The van der Waals surface area contributed by atoms with Gasteiger partial charge in [-0.1, -0.05) is 5.16 Å². The summed E-state index contributed by atoms with van der Waals surface area (Å²) in [7, 11) is 0. The number of rotatable bonds is 2. The van der Waals surface area contributed by atoms with Gasteiger partial charge in [0.25, 0.3) is 0 Å².